The molecule has 0 saturated carbocycles. The maximum atomic E-state index is 13.9. The van der Waals surface area contributed by atoms with Crippen molar-refractivity contribution in [2.24, 2.45) is 5.92 Å². The van der Waals surface area contributed by atoms with Crippen molar-refractivity contribution in [2.45, 2.75) is 12.8 Å². The summed E-state index contributed by atoms with van der Waals surface area (Å²) in [7, 11) is 1.94. The van der Waals surface area contributed by atoms with Crippen LogP contribution in [0, 0.1) is 11.7 Å². The summed E-state index contributed by atoms with van der Waals surface area (Å²) in [5.74, 6) is 0.121. The lowest BCUT2D eigenvalue weighted by Gasteiger charge is -2.32. The Bertz CT molecular complexity index is 808. The molecular weight excluding hydrogens is 410 g/mol. The van der Waals surface area contributed by atoms with Crippen molar-refractivity contribution in [2.75, 3.05) is 26.7 Å². The van der Waals surface area contributed by atoms with Crippen LogP contribution in [0.2, 0.25) is 10.0 Å². The highest BCUT2D eigenvalue weighted by molar-refractivity contribution is 6.42. The predicted octanol–water partition coefficient (Wildman–Crippen LogP) is 5.29. The highest BCUT2D eigenvalue weighted by Gasteiger charge is 2.25. The van der Waals surface area contributed by atoms with Gasteiger partial charge in [-0.05, 0) is 73.8 Å². The zero-order chi connectivity index (χ0) is 18.7. The zero-order valence-electron chi connectivity index (χ0n) is 15.0. The maximum Gasteiger partial charge on any atom is 0.254 e. The summed E-state index contributed by atoms with van der Waals surface area (Å²) in [5, 5.41) is 3.99. The first kappa shape index (κ1) is 22.0. The van der Waals surface area contributed by atoms with Gasteiger partial charge in [-0.25, -0.2) is 4.39 Å². The summed E-state index contributed by atoms with van der Waals surface area (Å²) in [6.45, 7) is 2.39. The number of hydrogen-bond acceptors (Lipinski definition) is 2. The number of nitrogens with one attached hydrogen (secondary N) is 1. The highest BCUT2D eigenvalue weighted by atomic mass is 35.5. The molecule has 3 nitrogen and oxygen atoms in total. The van der Waals surface area contributed by atoms with E-state index in [0.29, 0.717) is 45.7 Å². The molecule has 0 radical (unpaired) electrons. The number of carbonyl (C=O) groups excluding carboxylic acids is 1. The van der Waals surface area contributed by atoms with Crippen LogP contribution in [0.5, 0.6) is 0 Å². The number of likely N-dealkylation sites (tertiary alicyclic amines) is 1. The van der Waals surface area contributed by atoms with Crippen molar-refractivity contribution >= 4 is 41.5 Å². The van der Waals surface area contributed by atoms with Gasteiger partial charge in [0, 0.05) is 18.7 Å². The average Bonchev–Trinajstić information content (AvgIpc) is 2.64. The third-order valence-corrected chi connectivity index (χ3v) is 5.58. The fourth-order valence-corrected chi connectivity index (χ4v) is 3.70. The molecule has 1 saturated heterocycles. The second-order valence-corrected chi connectivity index (χ2v) is 7.43. The Morgan fingerprint density at radius 1 is 1.15 bits per heavy atom. The third-order valence-electron chi connectivity index (χ3n) is 4.84. The Balaban J connectivity index is 0.00000261. The molecule has 0 aromatic heterocycles. The molecule has 0 atom stereocenters. The molecule has 1 aliphatic heterocycles. The number of rotatable bonds is 4. The van der Waals surface area contributed by atoms with E-state index in [-0.39, 0.29) is 18.3 Å². The number of nitrogens with zero attached hydrogens (tertiary/aromatic N) is 1. The first-order chi connectivity index (χ1) is 12.5. The smallest absolute Gasteiger partial charge is 0.254 e. The van der Waals surface area contributed by atoms with Gasteiger partial charge < -0.3 is 10.2 Å². The van der Waals surface area contributed by atoms with Crippen molar-refractivity contribution in [3.05, 3.63) is 57.8 Å². The minimum absolute atomic E-state index is 0. The van der Waals surface area contributed by atoms with E-state index in [2.05, 4.69) is 5.32 Å². The van der Waals surface area contributed by atoms with Gasteiger partial charge >= 0.3 is 0 Å². The van der Waals surface area contributed by atoms with Crippen LogP contribution in [0.15, 0.2) is 36.4 Å². The molecule has 0 unspecified atom stereocenters. The molecule has 1 amide bonds. The number of amides is 1. The van der Waals surface area contributed by atoms with Gasteiger partial charge in [0.15, 0.2) is 0 Å². The van der Waals surface area contributed by atoms with E-state index in [0.717, 1.165) is 19.4 Å². The van der Waals surface area contributed by atoms with Gasteiger partial charge in [0.2, 0.25) is 0 Å². The normalized spacial score (nSPS) is 14.7. The Morgan fingerprint density at radius 3 is 2.48 bits per heavy atom. The van der Waals surface area contributed by atoms with Crippen molar-refractivity contribution in [3.63, 3.8) is 0 Å². The van der Waals surface area contributed by atoms with Crippen LogP contribution >= 0.6 is 35.6 Å². The molecule has 7 heteroatoms. The first-order valence-electron chi connectivity index (χ1n) is 8.68. The highest BCUT2D eigenvalue weighted by Crippen LogP contribution is 2.32. The van der Waals surface area contributed by atoms with E-state index in [1.54, 1.807) is 24.3 Å². The average molecular weight is 432 g/mol. The quantitative estimate of drug-likeness (QED) is 0.713. The van der Waals surface area contributed by atoms with Gasteiger partial charge in [0.1, 0.15) is 5.82 Å². The number of benzene rings is 2. The minimum atomic E-state index is -0.393. The Hall–Kier alpha value is -1.33. The van der Waals surface area contributed by atoms with E-state index in [4.69, 9.17) is 23.2 Å². The molecule has 2 aromatic rings. The van der Waals surface area contributed by atoms with Crippen LogP contribution < -0.4 is 5.32 Å². The Morgan fingerprint density at radius 2 is 1.85 bits per heavy atom. The van der Waals surface area contributed by atoms with Crippen LogP contribution in [0.1, 0.15) is 23.2 Å². The monoisotopic (exact) mass is 430 g/mol. The fraction of sp³-hybridized carbons (Fsp3) is 0.350. The summed E-state index contributed by atoms with van der Waals surface area (Å²) in [6.07, 6.45) is 1.94. The number of halogens is 4. The molecule has 0 spiro atoms. The molecule has 0 aliphatic carbocycles. The summed E-state index contributed by atoms with van der Waals surface area (Å²) in [5.41, 5.74) is 1.69. The van der Waals surface area contributed by atoms with Crippen molar-refractivity contribution in [1.29, 1.82) is 0 Å². The third kappa shape index (κ3) is 5.14. The van der Waals surface area contributed by atoms with Crippen LogP contribution in [-0.4, -0.2) is 37.5 Å². The molecule has 1 fully saturated rings. The zero-order valence-corrected chi connectivity index (χ0v) is 17.3. The molecule has 27 heavy (non-hydrogen) atoms. The van der Waals surface area contributed by atoms with Crippen LogP contribution in [0.4, 0.5) is 4.39 Å². The molecule has 1 heterocycles. The lowest BCUT2D eigenvalue weighted by Crippen LogP contribution is -2.40. The largest absolute Gasteiger partial charge is 0.339 e. The number of carbonyl (C=O) groups is 1. The van der Waals surface area contributed by atoms with Gasteiger partial charge in [0.25, 0.3) is 5.91 Å². The van der Waals surface area contributed by atoms with E-state index < -0.39 is 5.82 Å². The van der Waals surface area contributed by atoms with Gasteiger partial charge in [0.05, 0.1) is 10.0 Å². The maximum absolute atomic E-state index is 13.9. The molecule has 2 aromatic carbocycles. The molecule has 1 N–H and O–H groups in total. The SMILES string of the molecule is CNCC1CCN(C(=O)c2ccc(F)cc2-c2ccc(Cl)c(Cl)c2)CC1.Cl. The van der Waals surface area contributed by atoms with Gasteiger partial charge in [-0.15, -0.1) is 12.4 Å². The summed E-state index contributed by atoms with van der Waals surface area (Å²) in [6, 6.07) is 9.31. The molecule has 0 bridgehead atoms. The van der Waals surface area contributed by atoms with E-state index >= 15 is 0 Å². The van der Waals surface area contributed by atoms with E-state index in [1.807, 2.05) is 11.9 Å². The first-order valence-corrected chi connectivity index (χ1v) is 9.44. The second kappa shape index (κ2) is 9.74. The van der Waals surface area contributed by atoms with E-state index in [1.165, 1.54) is 12.1 Å². The second-order valence-electron chi connectivity index (χ2n) is 6.61. The fourth-order valence-electron chi connectivity index (χ4n) is 3.40. The standard InChI is InChI=1S/C20H21Cl2FN2O.ClH/c1-24-12-13-6-8-25(9-7-13)20(26)16-4-3-15(23)11-17(16)14-2-5-18(21)19(22)10-14;/h2-5,10-11,13,24H,6-9,12H2,1H3;1H. The lowest BCUT2D eigenvalue weighted by molar-refractivity contribution is 0.0691. The van der Waals surface area contributed by atoms with Crippen molar-refractivity contribution in [3.8, 4) is 11.1 Å². The minimum Gasteiger partial charge on any atom is -0.339 e. The number of piperidine rings is 1. The van der Waals surface area contributed by atoms with Gasteiger partial charge in [-0.2, -0.15) is 0 Å². The molecule has 146 valence electrons. The van der Waals surface area contributed by atoms with Crippen molar-refractivity contribution < 1.29 is 9.18 Å². The van der Waals surface area contributed by atoms with Crippen LogP contribution in [0.3, 0.4) is 0 Å². The Kier molecular flexibility index (Phi) is 7.92. The number of hydrogen-bond donors (Lipinski definition) is 1. The topological polar surface area (TPSA) is 32.3 Å². The lowest BCUT2D eigenvalue weighted by atomic mass is 9.94. The summed E-state index contributed by atoms with van der Waals surface area (Å²) >= 11 is 12.1. The van der Waals surface area contributed by atoms with Crippen LogP contribution in [0.25, 0.3) is 11.1 Å². The summed E-state index contributed by atoms with van der Waals surface area (Å²) < 4.78 is 13.9. The van der Waals surface area contributed by atoms with E-state index in [9.17, 15) is 9.18 Å². The molecular formula is C20H22Cl3FN2O. The molecule has 1 aliphatic rings. The predicted molar refractivity (Wildman–Crippen MR) is 112 cm³/mol. The summed E-state index contributed by atoms with van der Waals surface area (Å²) in [4.78, 5) is 14.9. The van der Waals surface area contributed by atoms with Gasteiger partial charge in [-0.3, -0.25) is 4.79 Å². The van der Waals surface area contributed by atoms with Gasteiger partial charge in [-0.1, -0.05) is 29.3 Å². The Labute approximate surface area is 175 Å². The van der Waals surface area contributed by atoms with Crippen LogP contribution in [-0.2, 0) is 0 Å². The molecule has 3 rings (SSSR count). The van der Waals surface area contributed by atoms with Crippen molar-refractivity contribution in [1.82, 2.24) is 10.2 Å².